The third-order valence-electron chi connectivity index (χ3n) is 6.72. The van der Waals surface area contributed by atoms with E-state index in [0.717, 1.165) is 19.3 Å². The van der Waals surface area contributed by atoms with Crippen molar-refractivity contribution in [2.75, 3.05) is 13.2 Å². The second-order valence-corrected chi connectivity index (χ2v) is 9.87. The molecular weight excluding hydrogens is 420 g/mol. The lowest BCUT2D eigenvalue weighted by Gasteiger charge is -2.20. The number of hydrogen-bond donors (Lipinski definition) is 3. The molecule has 1 saturated heterocycles. The lowest BCUT2D eigenvalue weighted by atomic mass is 10.0. The van der Waals surface area contributed by atoms with Gasteiger partial charge in [-0.25, -0.2) is 0 Å². The Kier molecular flexibility index (Phi) is 19.0. The van der Waals surface area contributed by atoms with Gasteiger partial charge < -0.3 is 24.8 Å². The Balaban J connectivity index is 1.78. The van der Waals surface area contributed by atoms with E-state index in [2.05, 4.69) is 6.92 Å². The maximum absolute atomic E-state index is 11.8. The molecule has 6 nitrogen and oxygen atoms in total. The van der Waals surface area contributed by atoms with Crippen molar-refractivity contribution in [3.05, 3.63) is 0 Å². The fraction of sp³-hybridized carbons (Fsp3) is 0.963. The lowest BCUT2D eigenvalue weighted by Crippen LogP contribution is -2.41. The quantitative estimate of drug-likeness (QED) is 0.143. The van der Waals surface area contributed by atoms with Crippen molar-refractivity contribution in [3.8, 4) is 0 Å². The van der Waals surface area contributed by atoms with Crippen LogP contribution < -0.4 is 0 Å². The van der Waals surface area contributed by atoms with Crippen LogP contribution in [0.15, 0.2) is 0 Å². The minimum Gasteiger partial charge on any atom is -0.463 e. The summed E-state index contributed by atoms with van der Waals surface area (Å²) < 4.78 is 10.2. The molecule has 1 fully saturated rings. The fourth-order valence-corrected chi connectivity index (χ4v) is 4.48. The number of unbranched alkanes of at least 4 members (excludes halogenated alkanes) is 17. The lowest BCUT2D eigenvalue weighted by molar-refractivity contribution is -0.151. The van der Waals surface area contributed by atoms with Gasteiger partial charge in [0, 0.05) is 6.42 Å². The number of aliphatic hydroxyl groups is 3. The van der Waals surface area contributed by atoms with Crippen molar-refractivity contribution in [2.45, 2.75) is 153 Å². The van der Waals surface area contributed by atoms with Crippen molar-refractivity contribution in [2.24, 2.45) is 0 Å². The molecular formula is C27H52O6. The highest BCUT2D eigenvalue weighted by molar-refractivity contribution is 5.69. The summed E-state index contributed by atoms with van der Waals surface area (Å²) in [5, 5.41) is 29.1. The number of carbonyl (C=O) groups is 1. The minimum absolute atomic E-state index is 0.0177. The first-order valence-electron chi connectivity index (χ1n) is 13.9. The molecule has 0 saturated carbocycles. The zero-order chi connectivity index (χ0) is 24.2. The van der Waals surface area contributed by atoms with Crippen molar-refractivity contribution in [3.63, 3.8) is 0 Å². The third kappa shape index (κ3) is 15.8. The first-order chi connectivity index (χ1) is 16.1. The number of esters is 1. The van der Waals surface area contributed by atoms with Crippen molar-refractivity contribution in [1.29, 1.82) is 0 Å². The highest BCUT2D eigenvalue weighted by Crippen LogP contribution is 2.18. The van der Waals surface area contributed by atoms with Gasteiger partial charge in [0.1, 0.15) is 31.0 Å². The summed E-state index contributed by atoms with van der Waals surface area (Å²) in [4.78, 5) is 11.8. The van der Waals surface area contributed by atoms with E-state index in [0.29, 0.717) is 6.42 Å². The number of ether oxygens (including phenoxy) is 2. The summed E-state index contributed by atoms with van der Waals surface area (Å²) in [7, 11) is 0. The third-order valence-corrected chi connectivity index (χ3v) is 6.72. The molecule has 0 amide bonds. The molecule has 0 radical (unpaired) electrons. The predicted octanol–water partition coefficient (Wildman–Crippen LogP) is 5.44. The maximum Gasteiger partial charge on any atom is 0.305 e. The first-order valence-corrected chi connectivity index (χ1v) is 13.9. The van der Waals surface area contributed by atoms with E-state index < -0.39 is 24.4 Å². The SMILES string of the molecule is CCCCCCCCCCCCCCCCCCCCC(=O)OC[C@@H](O)[C@H]1OC[C@@H](O)[C@H]1O. The summed E-state index contributed by atoms with van der Waals surface area (Å²) in [6, 6.07) is 0. The monoisotopic (exact) mass is 472 g/mol. The predicted molar refractivity (Wildman–Crippen MR) is 132 cm³/mol. The van der Waals surface area contributed by atoms with E-state index >= 15 is 0 Å². The van der Waals surface area contributed by atoms with Crippen LogP contribution in [0.3, 0.4) is 0 Å². The molecule has 1 aliphatic rings. The second-order valence-electron chi connectivity index (χ2n) is 9.87. The number of hydrogen-bond acceptors (Lipinski definition) is 6. The molecule has 1 heterocycles. The summed E-state index contributed by atoms with van der Waals surface area (Å²) in [6.07, 6.45) is 19.7. The average Bonchev–Trinajstić information content (AvgIpc) is 3.14. The molecule has 4 atom stereocenters. The molecule has 3 N–H and O–H groups in total. The van der Waals surface area contributed by atoms with Gasteiger partial charge in [-0.1, -0.05) is 116 Å². The topological polar surface area (TPSA) is 96.2 Å². The molecule has 0 bridgehead atoms. The van der Waals surface area contributed by atoms with E-state index in [-0.39, 0.29) is 19.2 Å². The van der Waals surface area contributed by atoms with Crippen LogP contribution in [-0.4, -0.2) is 58.9 Å². The maximum atomic E-state index is 11.8. The van der Waals surface area contributed by atoms with E-state index in [1.807, 2.05) is 0 Å². The minimum atomic E-state index is -1.14. The van der Waals surface area contributed by atoms with Gasteiger partial charge in [0.2, 0.25) is 0 Å². The Labute approximate surface area is 202 Å². The van der Waals surface area contributed by atoms with Gasteiger partial charge in [-0.3, -0.25) is 4.79 Å². The fourth-order valence-electron chi connectivity index (χ4n) is 4.48. The Morgan fingerprint density at radius 1 is 0.788 bits per heavy atom. The van der Waals surface area contributed by atoms with Crippen LogP contribution in [-0.2, 0) is 14.3 Å². The van der Waals surface area contributed by atoms with E-state index in [1.165, 1.54) is 96.3 Å². The van der Waals surface area contributed by atoms with Gasteiger partial charge in [-0.05, 0) is 6.42 Å². The average molecular weight is 473 g/mol. The Hall–Kier alpha value is -0.690. The molecule has 196 valence electrons. The van der Waals surface area contributed by atoms with Gasteiger partial charge in [-0.2, -0.15) is 0 Å². The first kappa shape index (κ1) is 30.3. The number of carbonyl (C=O) groups excluding carboxylic acids is 1. The van der Waals surface area contributed by atoms with Crippen LogP contribution in [0.5, 0.6) is 0 Å². The van der Waals surface area contributed by atoms with E-state index in [9.17, 15) is 20.1 Å². The molecule has 0 aromatic rings. The van der Waals surface area contributed by atoms with Crippen LogP contribution in [0.2, 0.25) is 0 Å². The van der Waals surface area contributed by atoms with E-state index in [1.54, 1.807) is 0 Å². The van der Waals surface area contributed by atoms with Gasteiger partial charge in [-0.15, -0.1) is 0 Å². The zero-order valence-corrected chi connectivity index (χ0v) is 21.2. The highest BCUT2D eigenvalue weighted by atomic mass is 16.6. The smallest absolute Gasteiger partial charge is 0.305 e. The van der Waals surface area contributed by atoms with E-state index in [4.69, 9.17) is 9.47 Å². The molecule has 6 heteroatoms. The number of aliphatic hydroxyl groups excluding tert-OH is 3. The zero-order valence-electron chi connectivity index (χ0n) is 21.2. The molecule has 0 aliphatic carbocycles. The molecule has 33 heavy (non-hydrogen) atoms. The molecule has 0 aromatic carbocycles. The largest absolute Gasteiger partial charge is 0.463 e. The van der Waals surface area contributed by atoms with Gasteiger partial charge in [0.25, 0.3) is 0 Å². The van der Waals surface area contributed by atoms with Crippen molar-refractivity contribution >= 4 is 5.97 Å². The van der Waals surface area contributed by atoms with Crippen LogP contribution in [0.4, 0.5) is 0 Å². The Morgan fingerprint density at radius 3 is 1.61 bits per heavy atom. The van der Waals surface area contributed by atoms with Crippen molar-refractivity contribution in [1.82, 2.24) is 0 Å². The van der Waals surface area contributed by atoms with Gasteiger partial charge in [0.05, 0.1) is 6.61 Å². The molecule has 1 rings (SSSR count). The normalized spacial score (nSPS) is 21.4. The summed E-state index contributed by atoms with van der Waals surface area (Å²) in [6.45, 7) is 2.04. The van der Waals surface area contributed by atoms with Crippen LogP contribution >= 0.6 is 0 Å². The van der Waals surface area contributed by atoms with Crippen LogP contribution in [0.1, 0.15) is 129 Å². The highest BCUT2D eigenvalue weighted by Gasteiger charge is 2.39. The summed E-state index contributed by atoms with van der Waals surface area (Å²) in [5.74, 6) is -0.335. The molecule has 0 aromatic heterocycles. The molecule has 1 aliphatic heterocycles. The molecule has 0 unspecified atom stereocenters. The van der Waals surface area contributed by atoms with Gasteiger partial charge in [0.15, 0.2) is 0 Å². The molecule has 0 spiro atoms. The summed E-state index contributed by atoms with van der Waals surface area (Å²) in [5.41, 5.74) is 0. The van der Waals surface area contributed by atoms with Gasteiger partial charge >= 0.3 is 5.97 Å². The van der Waals surface area contributed by atoms with Crippen LogP contribution in [0, 0.1) is 0 Å². The number of rotatable bonds is 22. The Morgan fingerprint density at radius 2 is 1.21 bits per heavy atom. The second kappa shape index (κ2) is 20.7. The Bertz CT molecular complexity index is 458. The standard InChI is InChI=1S/C27H52O6/c1-2-3-4-5-6-7-8-9-10-11-12-13-14-15-16-17-18-19-20-25(30)32-22-24(29)27-26(31)23(28)21-33-27/h23-24,26-29,31H,2-22H2,1H3/t23-,24-,26-,27-/m1/s1. The van der Waals surface area contributed by atoms with Crippen molar-refractivity contribution < 1.29 is 29.6 Å². The summed E-state index contributed by atoms with van der Waals surface area (Å²) >= 11 is 0. The van der Waals surface area contributed by atoms with Crippen LogP contribution in [0.25, 0.3) is 0 Å².